The molecule has 0 atom stereocenters. The van der Waals surface area contributed by atoms with Gasteiger partial charge in [0.25, 0.3) is 11.8 Å². The highest BCUT2D eigenvalue weighted by Crippen LogP contribution is 2.36. The number of methoxy groups -OCH3 is 1. The van der Waals surface area contributed by atoms with Gasteiger partial charge < -0.3 is 9.47 Å². The molecule has 1 N–H and O–H groups in total. The number of urea groups is 1. The number of nitrogens with one attached hydrogen (secondary N) is 1. The minimum atomic E-state index is -1.03. The number of hydrogen-bond acceptors (Lipinski definition) is 5. The zero-order valence-electron chi connectivity index (χ0n) is 18.2. The molecular weight excluding hydrogens is 590 g/mol. The van der Waals surface area contributed by atoms with Crippen molar-refractivity contribution >= 4 is 63.8 Å². The molecular formula is C25H17ClFIN2O5. The quantitative estimate of drug-likeness (QED) is 0.233. The summed E-state index contributed by atoms with van der Waals surface area (Å²) in [6.07, 6.45) is 1.31. The molecule has 1 heterocycles. The van der Waals surface area contributed by atoms with Crippen LogP contribution in [0.5, 0.6) is 11.5 Å². The Balaban J connectivity index is 1.66. The number of hydrogen-bond donors (Lipinski definition) is 1. The molecule has 3 aromatic carbocycles. The first-order chi connectivity index (χ1) is 16.8. The summed E-state index contributed by atoms with van der Waals surface area (Å²) in [6, 6.07) is 14.8. The van der Waals surface area contributed by atoms with E-state index in [4.69, 9.17) is 21.1 Å². The number of imide groups is 2. The van der Waals surface area contributed by atoms with E-state index in [1.54, 1.807) is 18.2 Å². The summed E-state index contributed by atoms with van der Waals surface area (Å²) < 4.78 is 26.3. The molecule has 1 saturated heterocycles. The molecule has 7 nitrogen and oxygen atoms in total. The van der Waals surface area contributed by atoms with Crippen molar-refractivity contribution in [1.82, 2.24) is 5.32 Å². The first-order valence-corrected chi connectivity index (χ1v) is 11.7. The van der Waals surface area contributed by atoms with Crippen LogP contribution in [0.1, 0.15) is 11.1 Å². The lowest BCUT2D eigenvalue weighted by Crippen LogP contribution is -2.54. The van der Waals surface area contributed by atoms with Gasteiger partial charge >= 0.3 is 6.03 Å². The zero-order chi connectivity index (χ0) is 25.1. The third kappa shape index (κ3) is 5.15. The average molecular weight is 607 g/mol. The maximum atomic E-state index is 14.3. The predicted octanol–water partition coefficient (Wildman–Crippen LogP) is 5.34. The molecule has 10 heteroatoms. The Morgan fingerprint density at radius 1 is 1.09 bits per heavy atom. The number of carbonyl (C=O) groups excluding carboxylic acids is 3. The van der Waals surface area contributed by atoms with E-state index in [0.717, 1.165) is 11.6 Å². The molecule has 0 aromatic heterocycles. The van der Waals surface area contributed by atoms with Gasteiger partial charge in [-0.3, -0.25) is 14.9 Å². The van der Waals surface area contributed by atoms with Crippen molar-refractivity contribution in [2.75, 3.05) is 12.0 Å². The molecule has 0 unspecified atom stereocenters. The predicted molar refractivity (Wildman–Crippen MR) is 137 cm³/mol. The molecule has 0 spiro atoms. The number of halogens is 3. The molecule has 0 bridgehead atoms. The highest BCUT2D eigenvalue weighted by atomic mass is 127. The number of para-hydroxylation sites is 1. The molecule has 1 aliphatic heterocycles. The number of barbiturate groups is 1. The zero-order valence-corrected chi connectivity index (χ0v) is 21.1. The van der Waals surface area contributed by atoms with Gasteiger partial charge in [-0.15, -0.1) is 0 Å². The maximum Gasteiger partial charge on any atom is 0.336 e. The van der Waals surface area contributed by atoms with E-state index in [2.05, 4.69) is 5.32 Å². The van der Waals surface area contributed by atoms with E-state index < -0.39 is 23.7 Å². The van der Waals surface area contributed by atoms with Gasteiger partial charge in [-0.1, -0.05) is 41.9 Å². The summed E-state index contributed by atoms with van der Waals surface area (Å²) in [5, 5.41) is 2.64. The van der Waals surface area contributed by atoms with Crippen molar-refractivity contribution < 1.29 is 28.2 Å². The molecule has 178 valence electrons. The van der Waals surface area contributed by atoms with E-state index in [9.17, 15) is 18.8 Å². The summed E-state index contributed by atoms with van der Waals surface area (Å²) in [7, 11) is 1.46. The third-order valence-corrected chi connectivity index (χ3v) is 6.26. The minimum Gasteiger partial charge on any atom is -0.493 e. The van der Waals surface area contributed by atoms with Gasteiger partial charge in [0, 0.05) is 10.6 Å². The van der Waals surface area contributed by atoms with Crippen LogP contribution in [0.2, 0.25) is 5.02 Å². The van der Waals surface area contributed by atoms with Gasteiger partial charge in [-0.2, -0.15) is 0 Å². The Labute approximate surface area is 218 Å². The van der Waals surface area contributed by atoms with E-state index >= 15 is 0 Å². The Bertz CT molecular complexity index is 1380. The maximum absolute atomic E-state index is 14.3. The Kier molecular flexibility index (Phi) is 7.37. The second kappa shape index (κ2) is 10.4. The standard InChI is InChI=1S/C25H17ClFIN2O5/c1-34-21-12-14(11-19(28)22(21)35-13-15-6-2-3-7-17(15)26)10-16-23(31)29-25(33)30(24(16)32)20-9-5-4-8-18(20)27/h2-12H,13H2,1H3,(H,29,31,33)/b16-10-. The molecule has 35 heavy (non-hydrogen) atoms. The van der Waals surface area contributed by atoms with Crippen molar-refractivity contribution in [3.63, 3.8) is 0 Å². The van der Waals surface area contributed by atoms with E-state index in [1.807, 2.05) is 40.8 Å². The highest BCUT2D eigenvalue weighted by molar-refractivity contribution is 14.1. The molecule has 1 fully saturated rings. The Morgan fingerprint density at radius 2 is 1.80 bits per heavy atom. The van der Waals surface area contributed by atoms with Crippen molar-refractivity contribution in [2.24, 2.45) is 0 Å². The fraction of sp³-hybridized carbons (Fsp3) is 0.0800. The molecule has 0 radical (unpaired) electrons. The van der Waals surface area contributed by atoms with E-state index in [-0.39, 0.29) is 17.9 Å². The largest absolute Gasteiger partial charge is 0.493 e. The number of amides is 4. The van der Waals surface area contributed by atoms with E-state index in [0.29, 0.717) is 30.6 Å². The normalized spacial score (nSPS) is 14.8. The molecule has 0 saturated carbocycles. The van der Waals surface area contributed by atoms with Gasteiger partial charge in [-0.05, 0) is 64.6 Å². The van der Waals surface area contributed by atoms with Gasteiger partial charge in [0.2, 0.25) is 0 Å². The number of benzene rings is 3. The van der Waals surface area contributed by atoms with Crippen LogP contribution in [0.4, 0.5) is 14.9 Å². The summed E-state index contributed by atoms with van der Waals surface area (Å²) in [4.78, 5) is 38.4. The van der Waals surface area contributed by atoms with Gasteiger partial charge in [0.1, 0.15) is 18.0 Å². The fourth-order valence-corrected chi connectivity index (χ4v) is 4.38. The number of nitrogens with zero attached hydrogens (tertiary/aromatic N) is 1. The summed E-state index contributed by atoms with van der Waals surface area (Å²) in [5.41, 5.74) is 0.637. The van der Waals surface area contributed by atoms with Gasteiger partial charge in [0.05, 0.1) is 16.4 Å². The van der Waals surface area contributed by atoms with Crippen LogP contribution in [-0.4, -0.2) is 25.0 Å². The topological polar surface area (TPSA) is 84.9 Å². The molecule has 3 aromatic rings. The van der Waals surface area contributed by atoms with Crippen LogP contribution in [-0.2, 0) is 16.2 Å². The Hall–Kier alpha value is -3.44. The van der Waals surface area contributed by atoms with Crippen molar-refractivity contribution in [3.8, 4) is 11.5 Å². The Morgan fingerprint density at radius 3 is 2.51 bits per heavy atom. The van der Waals surface area contributed by atoms with Crippen molar-refractivity contribution in [1.29, 1.82) is 0 Å². The molecule has 4 rings (SSSR count). The summed E-state index contributed by atoms with van der Waals surface area (Å²) in [5.74, 6) is -1.79. The molecule has 0 aliphatic carbocycles. The third-order valence-electron chi connectivity index (χ3n) is 5.09. The number of anilines is 1. The van der Waals surface area contributed by atoms with Crippen molar-refractivity contribution in [2.45, 2.75) is 6.61 Å². The number of ether oxygens (including phenoxy) is 2. The second-order valence-electron chi connectivity index (χ2n) is 7.32. The van der Waals surface area contributed by atoms with Crippen LogP contribution < -0.4 is 19.7 Å². The van der Waals surface area contributed by atoms with Crippen LogP contribution in [0.25, 0.3) is 6.08 Å². The highest BCUT2D eigenvalue weighted by Gasteiger charge is 2.38. The summed E-state index contributed by atoms with van der Waals surface area (Å²) in [6.45, 7) is 0.201. The fourth-order valence-electron chi connectivity index (χ4n) is 3.40. The first-order valence-electron chi connectivity index (χ1n) is 10.2. The second-order valence-corrected chi connectivity index (χ2v) is 8.89. The van der Waals surface area contributed by atoms with Crippen LogP contribution >= 0.6 is 34.2 Å². The van der Waals surface area contributed by atoms with E-state index in [1.165, 1.54) is 31.4 Å². The lowest BCUT2D eigenvalue weighted by molar-refractivity contribution is -0.122. The van der Waals surface area contributed by atoms with Crippen LogP contribution in [0.3, 0.4) is 0 Å². The molecule has 1 aliphatic rings. The van der Waals surface area contributed by atoms with Crippen molar-refractivity contribution in [3.05, 3.63) is 91.8 Å². The van der Waals surface area contributed by atoms with Crippen LogP contribution in [0.15, 0.2) is 66.2 Å². The van der Waals surface area contributed by atoms with Crippen LogP contribution in [0, 0.1) is 9.39 Å². The van der Waals surface area contributed by atoms with Gasteiger partial charge in [-0.25, -0.2) is 14.1 Å². The SMILES string of the molecule is COc1cc(/C=C2/C(=O)NC(=O)N(c3ccccc3F)C2=O)cc(I)c1OCc1ccccc1Cl. The smallest absolute Gasteiger partial charge is 0.336 e. The van der Waals surface area contributed by atoms with Gasteiger partial charge in [0.15, 0.2) is 11.5 Å². The monoisotopic (exact) mass is 606 g/mol. The number of carbonyl (C=O) groups is 3. The average Bonchev–Trinajstić information content (AvgIpc) is 2.83. The lowest BCUT2D eigenvalue weighted by Gasteiger charge is -2.26. The first kappa shape index (κ1) is 24.7. The lowest BCUT2D eigenvalue weighted by atomic mass is 10.1. The minimum absolute atomic E-state index is 0.201. The number of rotatable bonds is 6. The molecule has 4 amide bonds. The summed E-state index contributed by atoms with van der Waals surface area (Å²) >= 11 is 8.24.